The van der Waals surface area contributed by atoms with Crippen LogP contribution in [0.4, 0.5) is 0 Å². The second kappa shape index (κ2) is 4.46. The van der Waals surface area contributed by atoms with Gasteiger partial charge in [0.15, 0.2) is 0 Å². The summed E-state index contributed by atoms with van der Waals surface area (Å²) in [7, 11) is 0. The molecule has 4 nitrogen and oxygen atoms in total. The summed E-state index contributed by atoms with van der Waals surface area (Å²) < 4.78 is 0. The molecule has 0 amide bonds. The fraction of sp³-hybridized carbons (Fsp3) is 0. The molecule has 0 saturated heterocycles. The topological polar surface area (TPSA) is 61.5 Å². The predicted octanol–water partition coefficient (Wildman–Crippen LogP) is 3.72. The third-order valence-electron chi connectivity index (χ3n) is 3.64. The summed E-state index contributed by atoms with van der Waals surface area (Å²) in [6, 6.07) is 11.4. The van der Waals surface area contributed by atoms with Gasteiger partial charge in [-0.3, -0.25) is 9.89 Å². The second-order valence-corrected chi connectivity index (χ2v) is 5.29. The van der Waals surface area contributed by atoms with Gasteiger partial charge in [-0.2, -0.15) is 5.10 Å². The number of hydrogen-bond donors (Lipinski definition) is 2. The van der Waals surface area contributed by atoms with E-state index < -0.39 is 0 Å². The van der Waals surface area contributed by atoms with E-state index in [1.807, 2.05) is 36.4 Å². The van der Waals surface area contributed by atoms with Gasteiger partial charge in [0.1, 0.15) is 0 Å². The van der Waals surface area contributed by atoms with Crippen LogP contribution in [0.25, 0.3) is 32.8 Å². The van der Waals surface area contributed by atoms with Gasteiger partial charge in [0.05, 0.1) is 11.1 Å². The van der Waals surface area contributed by atoms with Crippen molar-refractivity contribution in [2.75, 3.05) is 0 Å². The molecule has 5 heteroatoms. The Kier molecular flexibility index (Phi) is 2.59. The van der Waals surface area contributed by atoms with Crippen molar-refractivity contribution < 1.29 is 0 Å². The molecule has 4 rings (SSSR count). The molecule has 0 aliphatic heterocycles. The van der Waals surface area contributed by atoms with Crippen LogP contribution in [0.5, 0.6) is 0 Å². The Bertz CT molecular complexity index is 1020. The summed E-state index contributed by atoms with van der Waals surface area (Å²) in [4.78, 5) is 15.1. The van der Waals surface area contributed by atoms with Gasteiger partial charge in [-0.05, 0) is 34.4 Å². The van der Waals surface area contributed by atoms with Crippen LogP contribution in [0.3, 0.4) is 0 Å². The van der Waals surface area contributed by atoms with Gasteiger partial charge in [-0.25, -0.2) is 0 Å². The number of hydrogen-bond acceptors (Lipinski definition) is 2. The Hall–Kier alpha value is -2.59. The predicted molar refractivity (Wildman–Crippen MR) is 84.7 cm³/mol. The van der Waals surface area contributed by atoms with Crippen molar-refractivity contribution >= 4 is 33.1 Å². The highest BCUT2D eigenvalue weighted by molar-refractivity contribution is 6.31. The second-order valence-electron chi connectivity index (χ2n) is 4.86. The first kappa shape index (κ1) is 12.2. The average Bonchev–Trinajstić information content (AvgIpc) is 3.01. The molecule has 0 spiro atoms. The molecule has 102 valence electrons. The molecule has 0 aliphatic rings. The van der Waals surface area contributed by atoms with Gasteiger partial charge in [-0.1, -0.05) is 29.8 Å². The lowest BCUT2D eigenvalue weighted by Gasteiger charge is -2.07. The zero-order valence-corrected chi connectivity index (χ0v) is 11.6. The van der Waals surface area contributed by atoms with Crippen molar-refractivity contribution in [3.63, 3.8) is 0 Å². The number of fused-ring (bicyclic) bond motifs is 3. The highest BCUT2D eigenvalue weighted by Gasteiger charge is 2.11. The summed E-state index contributed by atoms with van der Waals surface area (Å²) in [6.07, 6.45) is 3.39. The monoisotopic (exact) mass is 295 g/mol. The number of H-pyrrole nitrogens is 2. The highest BCUT2D eigenvalue weighted by Crippen LogP contribution is 2.30. The van der Waals surface area contributed by atoms with Crippen LogP contribution in [0.15, 0.2) is 53.6 Å². The molecule has 0 aliphatic carbocycles. The Morgan fingerprint density at radius 1 is 1.05 bits per heavy atom. The number of aromatic amines is 2. The average molecular weight is 296 g/mol. The summed E-state index contributed by atoms with van der Waals surface area (Å²) in [5.74, 6) is 0. The molecular formula is C16H10ClN3O. The first-order valence-electron chi connectivity index (χ1n) is 6.47. The lowest BCUT2D eigenvalue weighted by atomic mass is 9.99. The molecule has 0 radical (unpaired) electrons. The van der Waals surface area contributed by atoms with Gasteiger partial charge in [0.2, 0.25) is 0 Å². The summed E-state index contributed by atoms with van der Waals surface area (Å²) in [5, 5.41) is 10.9. The molecule has 0 bridgehead atoms. The van der Waals surface area contributed by atoms with Gasteiger partial charge in [-0.15, -0.1) is 0 Å². The minimum Gasteiger partial charge on any atom is -0.328 e. The third-order valence-corrected chi connectivity index (χ3v) is 3.87. The number of benzene rings is 2. The molecule has 0 atom stereocenters. The highest BCUT2D eigenvalue weighted by atomic mass is 35.5. The van der Waals surface area contributed by atoms with Crippen molar-refractivity contribution in [2.24, 2.45) is 0 Å². The summed E-state index contributed by atoms with van der Waals surface area (Å²) >= 11 is 6.08. The quantitative estimate of drug-likeness (QED) is 0.526. The molecule has 2 heterocycles. The van der Waals surface area contributed by atoms with Crippen LogP contribution in [-0.4, -0.2) is 15.2 Å². The van der Waals surface area contributed by atoms with E-state index in [1.54, 1.807) is 12.4 Å². The van der Waals surface area contributed by atoms with Crippen molar-refractivity contribution in [3.05, 3.63) is 64.2 Å². The zero-order chi connectivity index (χ0) is 14.4. The van der Waals surface area contributed by atoms with Crippen molar-refractivity contribution in [1.82, 2.24) is 15.2 Å². The number of nitrogens with one attached hydrogen (secondary N) is 2. The molecule has 4 aromatic rings. The van der Waals surface area contributed by atoms with Crippen LogP contribution in [-0.2, 0) is 0 Å². The SMILES string of the molecule is O=c1[nH]cc(-c2ccn[nH]2)c2ccc3ccc(Cl)cc3c12. The Balaban J connectivity index is 2.22. The van der Waals surface area contributed by atoms with E-state index in [4.69, 9.17) is 11.6 Å². The van der Waals surface area contributed by atoms with Gasteiger partial charge in [0, 0.05) is 23.0 Å². The van der Waals surface area contributed by atoms with E-state index in [9.17, 15) is 4.79 Å². The maximum absolute atomic E-state index is 12.3. The van der Waals surface area contributed by atoms with E-state index in [-0.39, 0.29) is 5.56 Å². The Morgan fingerprint density at radius 3 is 2.71 bits per heavy atom. The molecular weight excluding hydrogens is 286 g/mol. The normalized spacial score (nSPS) is 11.3. The Labute approximate surface area is 124 Å². The maximum Gasteiger partial charge on any atom is 0.256 e. The Morgan fingerprint density at radius 2 is 1.90 bits per heavy atom. The van der Waals surface area contributed by atoms with Crippen LogP contribution >= 0.6 is 11.6 Å². The lowest BCUT2D eigenvalue weighted by molar-refractivity contribution is 1.09. The summed E-state index contributed by atoms with van der Waals surface area (Å²) in [5.41, 5.74) is 1.64. The third kappa shape index (κ3) is 1.84. The van der Waals surface area contributed by atoms with Gasteiger partial charge < -0.3 is 4.98 Å². The molecule has 21 heavy (non-hydrogen) atoms. The number of rotatable bonds is 1. The van der Waals surface area contributed by atoms with E-state index in [0.717, 1.165) is 27.4 Å². The minimum atomic E-state index is -0.124. The number of nitrogens with zero attached hydrogens (tertiary/aromatic N) is 1. The molecule has 0 unspecified atom stereocenters. The first-order valence-corrected chi connectivity index (χ1v) is 6.85. The van der Waals surface area contributed by atoms with Crippen molar-refractivity contribution in [2.45, 2.75) is 0 Å². The van der Waals surface area contributed by atoms with E-state index in [2.05, 4.69) is 15.2 Å². The van der Waals surface area contributed by atoms with E-state index >= 15 is 0 Å². The molecule has 2 N–H and O–H groups in total. The molecule has 0 fully saturated rings. The fourth-order valence-electron chi connectivity index (χ4n) is 2.68. The first-order chi connectivity index (χ1) is 10.2. The smallest absolute Gasteiger partial charge is 0.256 e. The van der Waals surface area contributed by atoms with Crippen LogP contribution < -0.4 is 5.56 Å². The maximum atomic E-state index is 12.3. The van der Waals surface area contributed by atoms with Gasteiger partial charge in [0.25, 0.3) is 5.56 Å². The zero-order valence-electron chi connectivity index (χ0n) is 10.9. The fourth-order valence-corrected chi connectivity index (χ4v) is 2.85. The summed E-state index contributed by atoms with van der Waals surface area (Å²) in [6.45, 7) is 0. The molecule has 0 saturated carbocycles. The largest absolute Gasteiger partial charge is 0.328 e. The van der Waals surface area contributed by atoms with E-state index in [1.165, 1.54) is 0 Å². The standard InChI is InChI=1S/C16H10ClN3O/c17-10-3-1-9-2-4-11-13(14-5-6-19-20-14)8-18-16(21)15(11)12(9)7-10/h1-8H,(H,18,21)(H,19,20). The van der Waals surface area contributed by atoms with E-state index in [0.29, 0.717) is 10.4 Å². The van der Waals surface area contributed by atoms with Crippen molar-refractivity contribution in [1.29, 1.82) is 0 Å². The van der Waals surface area contributed by atoms with Gasteiger partial charge >= 0.3 is 0 Å². The lowest BCUT2D eigenvalue weighted by Crippen LogP contribution is -2.06. The van der Waals surface area contributed by atoms with Crippen LogP contribution in [0.1, 0.15) is 0 Å². The van der Waals surface area contributed by atoms with Crippen molar-refractivity contribution in [3.8, 4) is 11.3 Å². The minimum absolute atomic E-state index is 0.124. The number of halogens is 1. The number of aromatic nitrogens is 3. The molecule has 2 aromatic carbocycles. The van der Waals surface area contributed by atoms with Crippen LogP contribution in [0, 0.1) is 0 Å². The molecule has 2 aromatic heterocycles. The number of pyridine rings is 1. The van der Waals surface area contributed by atoms with Crippen LogP contribution in [0.2, 0.25) is 5.02 Å².